The third-order valence-electron chi connectivity index (χ3n) is 5.75. The van der Waals surface area contributed by atoms with Crippen molar-refractivity contribution in [3.05, 3.63) is 94.9 Å². The van der Waals surface area contributed by atoms with Crippen molar-refractivity contribution in [1.29, 1.82) is 0 Å². The smallest absolute Gasteiger partial charge is 0.350 e. The molecule has 0 N–H and O–H groups in total. The molecule has 0 aliphatic carbocycles. The van der Waals surface area contributed by atoms with E-state index < -0.39 is 16.0 Å². The monoisotopic (exact) mass is 475 g/mol. The fourth-order valence-electron chi connectivity index (χ4n) is 4.11. The minimum Gasteiger partial charge on any atom is -0.465 e. The summed E-state index contributed by atoms with van der Waals surface area (Å²) in [7, 11) is -2.62. The molecular formula is C26H21NO4S2. The largest absolute Gasteiger partial charge is 0.465 e. The van der Waals surface area contributed by atoms with E-state index in [1.165, 1.54) is 22.8 Å². The third kappa shape index (κ3) is 3.53. The van der Waals surface area contributed by atoms with Crippen LogP contribution in [0.25, 0.3) is 21.6 Å². The molecule has 0 atom stereocenters. The number of thiophene rings is 1. The second-order valence-corrected chi connectivity index (χ2v) is 10.7. The van der Waals surface area contributed by atoms with E-state index in [-0.39, 0.29) is 16.3 Å². The van der Waals surface area contributed by atoms with E-state index in [0.717, 1.165) is 32.7 Å². The van der Waals surface area contributed by atoms with Crippen molar-refractivity contribution >= 4 is 33.0 Å². The first kappa shape index (κ1) is 21.4. The van der Waals surface area contributed by atoms with Gasteiger partial charge in [0.1, 0.15) is 4.88 Å². The summed E-state index contributed by atoms with van der Waals surface area (Å²) in [5.41, 5.74) is 4.81. The molecule has 2 heterocycles. The summed E-state index contributed by atoms with van der Waals surface area (Å²) in [6, 6.07) is 24.2. The van der Waals surface area contributed by atoms with E-state index in [1.54, 1.807) is 24.3 Å². The number of esters is 1. The summed E-state index contributed by atoms with van der Waals surface area (Å²) in [6.07, 6.45) is 0. The first-order valence-electron chi connectivity index (χ1n) is 10.4. The second-order valence-electron chi connectivity index (χ2n) is 7.82. The highest BCUT2D eigenvalue weighted by Crippen LogP contribution is 2.53. The Kier molecular flexibility index (Phi) is 5.31. The summed E-state index contributed by atoms with van der Waals surface area (Å²) in [5.74, 6) is -0.554. The molecule has 0 saturated carbocycles. The molecule has 3 aromatic carbocycles. The summed E-state index contributed by atoms with van der Waals surface area (Å²) < 4.78 is 34.1. The normalized spacial score (nSPS) is 12.7. The van der Waals surface area contributed by atoms with Crippen molar-refractivity contribution in [1.82, 2.24) is 0 Å². The number of sulfonamides is 1. The summed E-state index contributed by atoms with van der Waals surface area (Å²) >= 11 is 1.26. The quantitative estimate of drug-likeness (QED) is 0.346. The highest BCUT2D eigenvalue weighted by atomic mass is 32.2. The van der Waals surface area contributed by atoms with Crippen LogP contribution in [0, 0.1) is 6.92 Å². The lowest BCUT2D eigenvalue weighted by Crippen LogP contribution is -2.34. The van der Waals surface area contributed by atoms with Gasteiger partial charge in [-0.2, -0.15) is 0 Å². The van der Waals surface area contributed by atoms with E-state index in [2.05, 4.69) is 0 Å². The number of benzene rings is 3. The number of methoxy groups -OCH3 is 1. The zero-order chi connectivity index (χ0) is 23.2. The molecule has 0 spiro atoms. The van der Waals surface area contributed by atoms with Crippen LogP contribution in [-0.2, 0) is 21.3 Å². The van der Waals surface area contributed by atoms with Gasteiger partial charge in [0, 0.05) is 10.4 Å². The fraction of sp³-hybridized carbons (Fsp3) is 0.115. The van der Waals surface area contributed by atoms with Crippen LogP contribution in [0.15, 0.2) is 83.8 Å². The summed E-state index contributed by atoms with van der Waals surface area (Å²) in [4.78, 5) is 14.2. The van der Waals surface area contributed by atoms with Crippen LogP contribution in [0.3, 0.4) is 0 Å². The fourth-order valence-corrected chi connectivity index (χ4v) is 6.88. The number of carbonyl (C=O) groups is 1. The lowest BCUT2D eigenvalue weighted by Gasteiger charge is -2.31. The minimum atomic E-state index is -3.94. The van der Waals surface area contributed by atoms with E-state index in [4.69, 9.17) is 4.74 Å². The Morgan fingerprint density at radius 3 is 2.30 bits per heavy atom. The van der Waals surface area contributed by atoms with Crippen LogP contribution < -0.4 is 4.31 Å². The van der Waals surface area contributed by atoms with Gasteiger partial charge in [-0.3, -0.25) is 4.31 Å². The maximum absolute atomic E-state index is 13.9. The topological polar surface area (TPSA) is 63.7 Å². The number of aryl methyl sites for hydroxylation is 1. The molecule has 1 aromatic heterocycles. The van der Waals surface area contributed by atoms with Crippen molar-refractivity contribution in [2.75, 3.05) is 11.4 Å². The van der Waals surface area contributed by atoms with Gasteiger partial charge in [0.25, 0.3) is 10.0 Å². The number of carbonyl (C=O) groups excluding carboxylic acids is 1. The molecule has 0 amide bonds. The molecule has 166 valence electrons. The first-order valence-corrected chi connectivity index (χ1v) is 12.7. The van der Waals surface area contributed by atoms with Crippen LogP contribution in [0.2, 0.25) is 0 Å². The lowest BCUT2D eigenvalue weighted by atomic mass is 9.93. The van der Waals surface area contributed by atoms with Gasteiger partial charge < -0.3 is 4.74 Å². The van der Waals surface area contributed by atoms with Gasteiger partial charge in [-0.25, -0.2) is 13.2 Å². The molecule has 33 heavy (non-hydrogen) atoms. The van der Waals surface area contributed by atoms with E-state index in [9.17, 15) is 13.2 Å². The number of fused-ring (bicyclic) bond motifs is 3. The highest BCUT2D eigenvalue weighted by Gasteiger charge is 2.39. The average molecular weight is 476 g/mol. The van der Waals surface area contributed by atoms with Gasteiger partial charge in [0.15, 0.2) is 0 Å². The average Bonchev–Trinajstić information content (AvgIpc) is 3.25. The van der Waals surface area contributed by atoms with Crippen molar-refractivity contribution in [2.24, 2.45) is 0 Å². The van der Waals surface area contributed by atoms with Crippen molar-refractivity contribution < 1.29 is 17.9 Å². The van der Waals surface area contributed by atoms with Crippen LogP contribution in [-0.4, -0.2) is 21.5 Å². The molecule has 0 bridgehead atoms. The molecule has 1 aliphatic rings. The molecule has 1 aliphatic heterocycles. The first-order chi connectivity index (χ1) is 15.9. The Morgan fingerprint density at radius 1 is 0.939 bits per heavy atom. The predicted molar refractivity (Wildman–Crippen MR) is 131 cm³/mol. The summed E-state index contributed by atoms with van der Waals surface area (Å²) in [5, 5.41) is 0. The van der Waals surface area contributed by atoms with Gasteiger partial charge in [0.2, 0.25) is 0 Å². The van der Waals surface area contributed by atoms with Crippen molar-refractivity contribution in [3.63, 3.8) is 0 Å². The second kappa shape index (κ2) is 8.17. The van der Waals surface area contributed by atoms with Crippen LogP contribution >= 0.6 is 11.3 Å². The van der Waals surface area contributed by atoms with E-state index >= 15 is 0 Å². The minimum absolute atomic E-state index is 0.133. The molecule has 0 fully saturated rings. The molecule has 0 radical (unpaired) electrons. The number of hydrogen-bond acceptors (Lipinski definition) is 5. The predicted octanol–water partition coefficient (Wildman–Crippen LogP) is 5.89. The van der Waals surface area contributed by atoms with E-state index in [1.807, 2.05) is 61.5 Å². The third-order valence-corrected chi connectivity index (χ3v) is 8.72. The molecule has 5 rings (SSSR count). The SMILES string of the molecule is COC(=O)c1sc(-c2ccccc2)c2c1N(S(=O)(=O)c1ccc(C)cc1)Cc1ccccc1-2. The molecule has 5 nitrogen and oxygen atoms in total. The molecule has 4 aromatic rings. The Balaban J connectivity index is 1.83. The van der Waals surface area contributed by atoms with Gasteiger partial charge in [0.05, 0.1) is 24.2 Å². The number of nitrogens with zero attached hydrogens (tertiary/aromatic N) is 1. The van der Waals surface area contributed by atoms with Crippen molar-refractivity contribution in [2.45, 2.75) is 18.4 Å². The maximum Gasteiger partial charge on any atom is 0.350 e. The number of hydrogen-bond donors (Lipinski definition) is 0. The molecule has 0 saturated heterocycles. The zero-order valence-corrected chi connectivity index (χ0v) is 19.7. The van der Waals surface area contributed by atoms with Gasteiger partial charge in [-0.15, -0.1) is 11.3 Å². The Bertz CT molecular complexity index is 1460. The maximum atomic E-state index is 13.9. The van der Waals surface area contributed by atoms with Gasteiger partial charge >= 0.3 is 5.97 Å². The number of ether oxygens (including phenoxy) is 1. The Hall–Kier alpha value is -3.42. The number of anilines is 1. The number of rotatable bonds is 4. The zero-order valence-electron chi connectivity index (χ0n) is 18.1. The molecule has 7 heteroatoms. The lowest BCUT2D eigenvalue weighted by molar-refractivity contribution is 0.0607. The van der Waals surface area contributed by atoms with Crippen LogP contribution in [0.1, 0.15) is 20.8 Å². The van der Waals surface area contributed by atoms with Crippen LogP contribution in [0.4, 0.5) is 5.69 Å². The molecule has 0 unspecified atom stereocenters. The van der Waals surface area contributed by atoms with Gasteiger partial charge in [-0.1, -0.05) is 72.3 Å². The van der Waals surface area contributed by atoms with Gasteiger partial charge in [-0.05, 0) is 35.7 Å². The Morgan fingerprint density at radius 2 is 1.61 bits per heavy atom. The summed E-state index contributed by atoms with van der Waals surface area (Å²) in [6.45, 7) is 2.04. The Labute approximate surface area is 196 Å². The van der Waals surface area contributed by atoms with E-state index in [0.29, 0.717) is 5.69 Å². The standard InChI is InChI=1S/C26H21NO4S2/c1-17-12-14-20(15-13-17)33(29,30)27-16-19-10-6-7-11-21(19)22-23(27)25(26(28)31-2)32-24(22)18-8-4-3-5-9-18/h3-15H,16H2,1-2H3. The molecular weight excluding hydrogens is 454 g/mol. The van der Waals surface area contributed by atoms with Crippen LogP contribution in [0.5, 0.6) is 0 Å². The van der Waals surface area contributed by atoms with Crippen molar-refractivity contribution in [3.8, 4) is 21.6 Å². The highest BCUT2D eigenvalue weighted by molar-refractivity contribution is 7.92.